The van der Waals surface area contributed by atoms with E-state index in [4.69, 9.17) is 17.3 Å². The Morgan fingerprint density at radius 2 is 2.23 bits per heavy atom. The van der Waals surface area contributed by atoms with E-state index in [2.05, 4.69) is 20.3 Å². The van der Waals surface area contributed by atoms with Gasteiger partial charge in [0.2, 0.25) is 0 Å². The van der Waals surface area contributed by atoms with Gasteiger partial charge in [0.15, 0.2) is 5.82 Å². The number of fused-ring (bicyclic) bond motifs is 1. The average Bonchev–Trinajstić information content (AvgIpc) is 3.02. The maximum Gasteiger partial charge on any atom is 0.158 e. The quantitative estimate of drug-likeness (QED) is 0.649. The number of β-amino-alcohol motifs (C(OH)–C–C–N with tert-alkyl or cyclic N) is 1. The number of anilines is 2. The van der Waals surface area contributed by atoms with E-state index in [0.29, 0.717) is 18.1 Å². The molecule has 3 heterocycles. The maximum absolute atomic E-state index is 10.0. The van der Waals surface area contributed by atoms with Crippen molar-refractivity contribution in [2.75, 3.05) is 18.4 Å². The highest BCUT2D eigenvalue weighted by molar-refractivity contribution is 6.30. The van der Waals surface area contributed by atoms with Crippen molar-refractivity contribution >= 4 is 28.6 Å². The molecule has 3 aromatic rings. The topological polar surface area (TPSA) is 91.7 Å². The van der Waals surface area contributed by atoms with Gasteiger partial charge in [-0.3, -0.25) is 4.90 Å². The first kappa shape index (κ1) is 17.2. The van der Waals surface area contributed by atoms with E-state index in [1.807, 2.05) is 36.5 Å². The molecule has 1 aliphatic heterocycles. The maximum atomic E-state index is 10.0. The molecule has 1 aromatic carbocycles. The van der Waals surface area contributed by atoms with Gasteiger partial charge in [0, 0.05) is 42.6 Å². The zero-order valence-electron chi connectivity index (χ0n) is 14.2. The molecule has 26 heavy (non-hydrogen) atoms. The first-order valence-electron chi connectivity index (χ1n) is 8.60. The fourth-order valence-corrected chi connectivity index (χ4v) is 3.53. The molecule has 0 unspecified atom stereocenters. The van der Waals surface area contributed by atoms with Crippen molar-refractivity contribution in [3.05, 3.63) is 53.4 Å². The molecule has 4 rings (SSSR count). The number of nitrogens with zero attached hydrogens (tertiary/aromatic N) is 4. The zero-order valence-corrected chi connectivity index (χ0v) is 15.0. The third-order valence-corrected chi connectivity index (χ3v) is 4.97. The molecular weight excluding hydrogens is 352 g/mol. The summed E-state index contributed by atoms with van der Waals surface area (Å²) >= 11 is 6.08. The fraction of sp³-hybridized carbons (Fsp3) is 0.333. The summed E-state index contributed by atoms with van der Waals surface area (Å²) in [4.78, 5) is 6.62. The number of nitrogens with one attached hydrogen (secondary N) is 1. The van der Waals surface area contributed by atoms with Crippen molar-refractivity contribution in [1.82, 2.24) is 19.5 Å². The largest absolute Gasteiger partial charge is 0.390 e. The number of benzene rings is 1. The summed E-state index contributed by atoms with van der Waals surface area (Å²) in [5.41, 5.74) is 8.78. The summed E-state index contributed by atoms with van der Waals surface area (Å²) in [6, 6.07) is 9.41. The van der Waals surface area contributed by atoms with E-state index in [0.717, 1.165) is 35.6 Å². The predicted octanol–water partition coefficient (Wildman–Crippen LogP) is 2.02. The average molecular weight is 373 g/mol. The number of nitrogens with two attached hydrogens (primary N) is 1. The van der Waals surface area contributed by atoms with Crippen molar-refractivity contribution in [3.8, 4) is 0 Å². The fourth-order valence-electron chi connectivity index (χ4n) is 3.34. The Balaban J connectivity index is 1.62. The summed E-state index contributed by atoms with van der Waals surface area (Å²) in [5.74, 6) is 0.719. The van der Waals surface area contributed by atoms with Crippen LogP contribution in [0.15, 0.2) is 42.9 Å². The van der Waals surface area contributed by atoms with E-state index in [1.54, 1.807) is 4.52 Å². The SMILES string of the molecule is N[C@@H]1CCN(Cc2ccn3ncnc(Nc4cccc(Cl)c4)c23)C[C@H]1O. The van der Waals surface area contributed by atoms with E-state index in [1.165, 1.54) is 6.33 Å². The lowest BCUT2D eigenvalue weighted by molar-refractivity contribution is 0.0501. The van der Waals surface area contributed by atoms with Crippen molar-refractivity contribution in [1.29, 1.82) is 0 Å². The molecule has 1 fully saturated rings. The molecule has 1 saturated heterocycles. The van der Waals surface area contributed by atoms with Crippen LogP contribution in [0.3, 0.4) is 0 Å². The molecule has 0 radical (unpaired) electrons. The number of piperidine rings is 1. The monoisotopic (exact) mass is 372 g/mol. The Labute approximate surface area is 156 Å². The number of likely N-dealkylation sites (tertiary alicyclic amines) is 1. The van der Waals surface area contributed by atoms with Crippen molar-refractivity contribution in [2.24, 2.45) is 5.73 Å². The zero-order chi connectivity index (χ0) is 18.1. The molecule has 0 bridgehead atoms. The van der Waals surface area contributed by atoms with Gasteiger partial charge in [0.1, 0.15) is 11.8 Å². The third-order valence-electron chi connectivity index (χ3n) is 4.74. The first-order valence-corrected chi connectivity index (χ1v) is 8.98. The minimum absolute atomic E-state index is 0.138. The van der Waals surface area contributed by atoms with Crippen molar-refractivity contribution < 1.29 is 5.11 Å². The number of halogens is 1. The van der Waals surface area contributed by atoms with Gasteiger partial charge in [0.05, 0.1) is 6.10 Å². The van der Waals surface area contributed by atoms with Gasteiger partial charge < -0.3 is 16.2 Å². The van der Waals surface area contributed by atoms with Crippen LogP contribution in [-0.4, -0.2) is 49.8 Å². The molecular formula is C18H21ClN6O. The summed E-state index contributed by atoms with van der Waals surface area (Å²) in [7, 11) is 0. The van der Waals surface area contributed by atoms with Crippen LogP contribution in [0.5, 0.6) is 0 Å². The molecule has 1 aliphatic rings. The Bertz CT molecular complexity index is 914. The number of aromatic nitrogens is 3. The number of aliphatic hydroxyl groups is 1. The standard InChI is InChI=1S/C18H21ClN6O/c19-13-2-1-3-14(8-13)23-18-17-12(4-7-25(17)22-11-21-18)9-24-6-5-15(20)16(26)10-24/h1-4,7-8,11,15-16,26H,5-6,9-10,20H2,(H,21,22,23)/t15-,16-/m1/s1. The molecule has 136 valence electrons. The second kappa shape index (κ2) is 7.20. The minimum atomic E-state index is -0.488. The molecule has 0 amide bonds. The highest BCUT2D eigenvalue weighted by Gasteiger charge is 2.25. The molecule has 0 spiro atoms. The van der Waals surface area contributed by atoms with Gasteiger partial charge in [-0.05, 0) is 36.2 Å². The molecule has 7 nitrogen and oxygen atoms in total. The minimum Gasteiger partial charge on any atom is -0.390 e. The van der Waals surface area contributed by atoms with Crippen LogP contribution < -0.4 is 11.1 Å². The van der Waals surface area contributed by atoms with E-state index >= 15 is 0 Å². The third kappa shape index (κ3) is 3.52. The van der Waals surface area contributed by atoms with Crippen molar-refractivity contribution in [2.45, 2.75) is 25.1 Å². The lowest BCUT2D eigenvalue weighted by Gasteiger charge is -2.33. The molecule has 0 aliphatic carbocycles. The lowest BCUT2D eigenvalue weighted by atomic mass is 10.0. The van der Waals surface area contributed by atoms with Gasteiger partial charge in [-0.25, -0.2) is 9.50 Å². The second-order valence-corrected chi connectivity index (χ2v) is 7.07. The van der Waals surface area contributed by atoms with Crippen molar-refractivity contribution in [3.63, 3.8) is 0 Å². The summed E-state index contributed by atoms with van der Waals surface area (Å²) in [6.45, 7) is 2.14. The van der Waals surface area contributed by atoms with Crippen LogP contribution >= 0.6 is 11.6 Å². The number of aliphatic hydroxyl groups excluding tert-OH is 1. The number of hydrogen-bond donors (Lipinski definition) is 3. The molecule has 0 saturated carbocycles. The Morgan fingerprint density at radius 3 is 3.04 bits per heavy atom. The molecule has 8 heteroatoms. The van der Waals surface area contributed by atoms with Crippen LogP contribution in [0.1, 0.15) is 12.0 Å². The van der Waals surface area contributed by atoms with Gasteiger partial charge in [-0.15, -0.1) is 0 Å². The summed E-state index contributed by atoms with van der Waals surface area (Å²) in [5, 5.41) is 18.3. The Kier molecular flexibility index (Phi) is 4.78. The first-order chi connectivity index (χ1) is 12.6. The number of hydrogen-bond acceptors (Lipinski definition) is 6. The van der Waals surface area contributed by atoms with Gasteiger partial charge >= 0.3 is 0 Å². The Morgan fingerprint density at radius 1 is 1.35 bits per heavy atom. The normalized spacial score (nSPS) is 21.2. The molecule has 2 atom stereocenters. The molecule has 2 aromatic heterocycles. The van der Waals surface area contributed by atoms with E-state index in [-0.39, 0.29) is 6.04 Å². The van der Waals surface area contributed by atoms with E-state index < -0.39 is 6.10 Å². The van der Waals surface area contributed by atoms with Crippen LogP contribution in [0.2, 0.25) is 5.02 Å². The summed E-state index contributed by atoms with van der Waals surface area (Å²) in [6.07, 6.45) is 3.74. The van der Waals surface area contributed by atoms with Crippen LogP contribution in [-0.2, 0) is 6.54 Å². The second-order valence-electron chi connectivity index (χ2n) is 6.63. The van der Waals surface area contributed by atoms with Crippen LogP contribution in [0, 0.1) is 0 Å². The predicted molar refractivity (Wildman–Crippen MR) is 102 cm³/mol. The van der Waals surface area contributed by atoms with E-state index in [9.17, 15) is 5.11 Å². The summed E-state index contributed by atoms with van der Waals surface area (Å²) < 4.78 is 1.81. The number of rotatable bonds is 4. The Hall–Kier alpha value is -2.19. The van der Waals surface area contributed by atoms with Crippen LogP contribution in [0.4, 0.5) is 11.5 Å². The van der Waals surface area contributed by atoms with Gasteiger partial charge in [-0.1, -0.05) is 17.7 Å². The van der Waals surface area contributed by atoms with Gasteiger partial charge in [-0.2, -0.15) is 5.10 Å². The smallest absolute Gasteiger partial charge is 0.158 e. The molecule has 4 N–H and O–H groups in total. The highest BCUT2D eigenvalue weighted by atomic mass is 35.5. The van der Waals surface area contributed by atoms with Gasteiger partial charge in [0.25, 0.3) is 0 Å². The lowest BCUT2D eigenvalue weighted by Crippen LogP contribution is -2.50. The van der Waals surface area contributed by atoms with Crippen LogP contribution in [0.25, 0.3) is 5.52 Å². The highest BCUT2D eigenvalue weighted by Crippen LogP contribution is 2.26.